The van der Waals surface area contributed by atoms with E-state index in [9.17, 15) is 14.4 Å². The molecule has 1 amide bonds. The van der Waals surface area contributed by atoms with E-state index in [1.807, 2.05) is 18.2 Å². The van der Waals surface area contributed by atoms with E-state index in [-0.39, 0.29) is 23.6 Å². The lowest BCUT2D eigenvalue weighted by atomic mass is 10.1. The number of nitrogens with zero attached hydrogens (tertiary/aromatic N) is 6. The second-order valence-electron chi connectivity index (χ2n) is 7.11. The summed E-state index contributed by atoms with van der Waals surface area (Å²) in [5, 5.41) is 11.2. The molecule has 0 spiro atoms. The number of rotatable bonds is 8. The number of fused-ring (bicyclic) bond motifs is 1. The molecule has 0 bridgehead atoms. The lowest BCUT2D eigenvalue weighted by molar-refractivity contribution is -0.116. The van der Waals surface area contributed by atoms with Crippen LogP contribution in [0.15, 0.2) is 50.6 Å². The number of thioether (sulfide) groups is 1. The van der Waals surface area contributed by atoms with Crippen molar-refractivity contribution in [3.8, 4) is 0 Å². The minimum atomic E-state index is -0.501. The van der Waals surface area contributed by atoms with Gasteiger partial charge in [-0.3, -0.25) is 24.0 Å². The molecule has 0 aliphatic rings. The van der Waals surface area contributed by atoms with E-state index in [4.69, 9.17) is 0 Å². The Morgan fingerprint density at radius 1 is 1.12 bits per heavy atom. The van der Waals surface area contributed by atoms with Crippen LogP contribution in [0.2, 0.25) is 0 Å². The predicted octanol–water partition coefficient (Wildman–Crippen LogP) is 1.65. The first-order valence-electron chi connectivity index (χ1n) is 9.85. The summed E-state index contributed by atoms with van der Waals surface area (Å²) < 4.78 is 4.47. The molecule has 0 aliphatic heterocycles. The van der Waals surface area contributed by atoms with E-state index in [1.165, 1.54) is 46.5 Å². The van der Waals surface area contributed by atoms with Crippen LogP contribution >= 0.6 is 23.1 Å². The highest BCUT2D eigenvalue weighted by Gasteiger charge is 2.17. The Balaban J connectivity index is 1.35. The Hall–Kier alpha value is -3.25. The monoisotopic (exact) mass is 471 g/mol. The molecule has 0 saturated carbocycles. The van der Waals surface area contributed by atoms with Gasteiger partial charge in [-0.05, 0) is 18.4 Å². The summed E-state index contributed by atoms with van der Waals surface area (Å²) in [5.41, 5.74) is 0.756. The van der Waals surface area contributed by atoms with Gasteiger partial charge in [-0.2, -0.15) is 0 Å². The Morgan fingerprint density at radius 3 is 2.69 bits per heavy atom. The zero-order chi connectivity index (χ0) is 22.7. The van der Waals surface area contributed by atoms with Crippen molar-refractivity contribution in [2.45, 2.75) is 23.7 Å². The number of hydrogen-bond acceptors (Lipinski definition) is 8. The number of carbonyl (C=O) groups is 1. The highest BCUT2D eigenvalue weighted by molar-refractivity contribution is 8.01. The van der Waals surface area contributed by atoms with Crippen molar-refractivity contribution in [3.63, 3.8) is 0 Å². The van der Waals surface area contributed by atoms with Crippen molar-refractivity contribution < 1.29 is 4.79 Å². The highest BCUT2D eigenvalue weighted by atomic mass is 32.2. The van der Waals surface area contributed by atoms with Crippen LogP contribution in [0.3, 0.4) is 0 Å². The van der Waals surface area contributed by atoms with Gasteiger partial charge in [-0.25, -0.2) is 9.78 Å². The zero-order valence-corrected chi connectivity index (χ0v) is 19.2. The average Bonchev–Trinajstić information content (AvgIpc) is 3.41. The number of aryl methyl sites for hydroxylation is 2. The van der Waals surface area contributed by atoms with Crippen molar-refractivity contribution in [2.75, 3.05) is 11.1 Å². The van der Waals surface area contributed by atoms with Crippen molar-refractivity contribution in [2.24, 2.45) is 14.1 Å². The number of amides is 1. The minimum absolute atomic E-state index is 0.136. The van der Waals surface area contributed by atoms with Crippen molar-refractivity contribution in [3.05, 3.63) is 63.1 Å². The molecule has 10 nitrogen and oxygen atoms in total. The zero-order valence-electron chi connectivity index (χ0n) is 17.5. The minimum Gasteiger partial charge on any atom is -0.315 e. The summed E-state index contributed by atoms with van der Waals surface area (Å²) in [7, 11) is 2.92. The summed E-state index contributed by atoms with van der Waals surface area (Å²) in [6, 6.07) is 10.3. The van der Waals surface area contributed by atoms with E-state index < -0.39 is 11.2 Å². The summed E-state index contributed by atoms with van der Waals surface area (Å²) in [5.74, 6) is 0.539. The van der Waals surface area contributed by atoms with Gasteiger partial charge in [0, 0.05) is 19.8 Å². The van der Waals surface area contributed by atoms with Crippen LogP contribution in [-0.4, -0.2) is 40.5 Å². The molecule has 0 atom stereocenters. The number of benzene rings is 1. The molecule has 3 aromatic heterocycles. The van der Waals surface area contributed by atoms with Crippen LogP contribution < -0.4 is 16.6 Å². The van der Waals surface area contributed by atoms with E-state index in [0.29, 0.717) is 5.13 Å². The van der Waals surface area contributed by atoms with Crippen LogP contribution in [-0.2, 0) is 31.9 Å². The fraction of sp³-hybridized carbons (Fsp3) is 0.300. The van der Waals surface area contributed by atoms with Gasteiger partial charge in [0.2, 0.25) is 11.0 Å². The maximum Gasteiger partial charge on any atom is 0.332 e. The predicted molar refractivity (Wildman–Crippen MR) is 124 cm³/mol. The van der Waals surface area contributed by atoms with Crippen molar-refractivity contribution in [1.29, 1.82) is 0 Å². The van der Waals surface area contributed by atoms with Gasteiger partial charge < -0.3 is 4.57 Å². The van der Waals surface area contributed by atoms with E-state index in [0.717, 1.165) is 27.5 Å². The average molecular weight is 472 g/mol. The second-order valence-corrected chi connectivity index (χ2v) is 9.43. The Morgan fingerprint density at radius 2 is 1.91 bits per heavy atom. The molecule has 0 saturated heterocycles. The maximum absolute atomic E-state index is 12.5. The molecule has 0 aliphatic carbocycles. The van der Waals surface area contributed by atoms with Crippen LogP contribution in [0, 0.1) is 0 Å². The number of anilines is 1. The highest BCUT2D eigenvalue weighted by Crippen LogP contribution is 2.26. The maximum atomic E-state index is 12.5. The molecule has 12 heteroatoms. The summed E-state index contributed by atoms with van der Waals surface area (Å²) in [4.78, 5) is 41.1. The third-order valence-corrected chi connectivity index (χ3v) is 6.92. The van der Waals surface area contributed by atoms with Gasteiger partial charge in [0.25, 0.3) is 5.56 Å². The summed E-state index contributed by atoms with van der Waals surface area (Å²) in [6.45, 7) is -0.136. The first-order valence-corrected chi connectivity index (χ1v) is 11.6. The molecule has 4 rings (SSSR count). The number of carbonyl (C=O) groups excluding carboxylic acids is 1. The summed E-state index contributed by atoms with van der Waals surface area (Å²) in [6.07, 6.45) is 3.39. The third kappa shape index (κ3) is 4.65. The lowest BCUT2D eigenvalue weighted by Gasteiger charge is -2.06. The Kier molecular flexibility index (Phi) is 6.51. The second kappa shape index (κ2) is 9.49. The van der Waals surface area contributed by atoms with E-state index >= 15 is 0 Å². The molecule has 3 heterocycles. The number of nitrogens with one attached hydrogen (secondary N) is 1. The van der Waals surface area contributed by atoms with E-state index in [2.05, 4.69) is 32.6 Å². The van der Waals surface area contributed by atoms with Crippen LogP contribution in [0.4, 0.5) is 5.13 Å². The third-order valence-electron chi connectivity index (χ3n) is 4.86. The van der Waals surface area contributed by atoms with Gasteiger partial charge >= 0.3 is 5.69 Å². The van der Waals surface area contributed by atoms with Crippen molar-refractivity contribution >= 4 is 45.3 Å². The fourth-order valence-corrected chi connectivity index (χ4v) is 5.01. The number of aromatic nitrogens is 6. The molecule has 1 aromatic carbocycles. The molecule has 4 aromatic rings. The lowest BCUT2D eigenvalue weighted by Crippen LogP contribution is -2.37. The SMILES string of the molecule is Cn1c(=O)c2c(ncn2CC(=O)Nc2nnc(SCCCc3ccccc3)s2)n(C)c1=O. The van der Waals surface area contributed by atoms with Crippen LogP contribution in [0.5, 0.6) is 0 Å². The normalized spacial score (nSPS) is 11.2. The van der Waals surface area contributed by atoms with Gasteiger partial charge in [0.05, 0.1) is 6.33 Å². The molecule has 0 radical (unpaired) electrons. The first kappa shape index (κ1) is 22.0. The smallest absolute Gasteiger partial charge is 0.315 e. The van der Waals surface area contributed by atoms with Gasteiger partial charge in [0.15, 0.2) is 15.5 Å². The topological polar surface area (TPSA) is 117 Å². The fourth-order valence-electron chi connectivity index (χ4n) is 3.23. The molecular formula is C20H21N7O3S2. The van der Waals surface area contributed by atoms with Crippen molar-refractivity contribution in [1.82, 2.24) is 28.9 Å². The molecule has 0 unspecified atom stereocenters. The number of hydrogen-bond donors (Lipinski definition) is 1. The first-order chi connectivity index (χ1) is 15.4. The molecule has 0 fully saturated rings. The largest absolute Gasteiger partial charge is 0.332 e. The van der Waals surface area contributed by atoms with E-state index in [1.54, 1.807) is 11.8 Å². The molecular weight excluding hydrogens is 450 g/mol. The van der Waals surface area contributed by atoms with Gasteiger partial charge in [0.1, 0.15) is 6.54 Å². The van der Waals surface area contributed by atoms with Crippen LogP contribution in [0.25, 0.3) is 11.2 Å². The molecule has 32 heavy (non-hydrogen) atoms. The van der Waals surface area contributed by atoms with Gasteiger partial charge in [-0.15, -0.1) is 10.2 Å². The Labute approximate surface area is 190 Å². The quantitative estimate of drug-likeness (QED) is 0.236. The standard InChI is InChI=1S/C20H21N7O3S2/c1-25-16-15(17(29)26(2)20(25)30)27(12-21-16)11-14(28)22-18-23-24-19(32-18)31-10-6-9-13-7-4-3-5-8-13/h3-5,7-8,12H,6,9-11H2,1-2H3,(H,22,23,28). The van der Waals surface area contributed by atoms with Crippen LogP contribution in [0.1, 0.15) is 12.0 Å². The summed E-state index contributed by atoms with van der Waals surface area (Å²) >= 11 is 2.91. The molecule has 1 N–H and O–H groups in total. The molecule has 166 valence electrons. The Bertz CT molecular complexity index is 1370. The number of imidazole rings is 1. The van der Waals surface area contributed by atoms with Gasteiger partial charge in [-0.1, -0.05) is 53.4 Å².